The van der Waals surface area contributed by atoms with Crippen molar-refractivity contribution in [3.8, 4) is 0 Å². The number of aryl methyl sites for hydroxylation is 2. The summed E-state index contributed by atoms with van der Waals surface area (Å²) < 4.78 is 1.68. The van der Waals surface area contributed by atoms with Crippen molar-refractivity contribution in [3.63, 3.8) is 0 Å². The maximum atomic E-state index is 12.2. The van der Waals surface area contributed by atoms with E-state index in [2.05, 4.69) is 20.0 Å². The van der Waals surface area contributed by atoms with Crippen molar-refractivity contribution in [3.05, 3.63) is 52.0 Å². The second kappa shape index (κ2) is 6.20. The van der Waals surface area contributed by atoms with E-state index >= 15 is 0 Å². The first-order chi connectivity index (χ1) is 11.3. The van der Waals surface area contributed by atoms with Crippen molar-refractivity contribution >= 4 is 0 Å². The van der Waals surface area contributed by atoms with Crippen LogP contribution in [-0.4, -0.2) is 37.7 Å². The summed E-state index contributed by atoms with van der Waals surface area (Å²) in [5.41, 5.74) is 3.49. The van der Waals surface area contributed by atoms with Crippen LogP contribution in [0.15, 0.2) is 29.6 Å². The molecule has 0 atom stereocenters. The lowest BCUT2D eigenvalue weighted by Gasteiger charge is -2.39. The van der Waals surface area contributed by atoms with Gasteiger partial charge < -0.3 is 0 Å². The number of nitrogens with zero attached hydrogens (tertiary/aromatic N) is 5. The number of likely N-dealkylation sites (tertiary alicyclic amines) is 1. The van der Waals surface area contributed by atoms with Crippen molar-refractivity contribution in [2.45, 2.75) is 38.8 Å². The molecule has 0 bridgehead atoms. The molecule has 0 saturated carbocycles. The van der Waals surface area contributed by atoms with Gasteiger partial charge in [0.25, 0.3) is 5.56 Å². The van der Waals surface area contributed by atoms with Crippen LogP contribution in [0, 0.1) is 5.92 Å². The molecular formula is C17H21N5O. The zero-order valence-electron chi connectivity index (χ0n) is 13.2. The highest BCUT2D eigenvalue weighted by Gasteiger charge is 2.28. The van der Waals surface area contributed by atoms with Crippen LogP contribution >= 0.6 is 0 Å². The van der Waals surface area contributed by atoms with Crippen molar-refractivity contribution in [1.82, 2.24) is 24.6 Å². The second-order valence-electron chi connectivity index (χ2n) is 6.65. The molecule has 6 nitrogen and oxygen atoms in total. The summed E-state index contributed by atoms with van der Waals surface area (Å²) in [7, 11) is 0. The van der Waals surface area contributed by atoms with E-state index in [1.807, 2.05) is 12.4 Å². The molecule has 6 heteroatoms. The molecular weight excluding hydrogens is 290 g/mol. The van der Waals surface area contributed by atoms with Crippen molar-refractivity contribution in [1.29, 1.82) is 0 Å². The Morgan fingerprint density at radius 2 is 1.91 bits per heavy atom. The molecule has 0 amide bonds. The Morgan fingerprint density at radius 3 is 2.74 bits per heavy atom. The molecule has 0 radical (unpaired) electrons. The fraction of sp³-hybridized carbons (Fsp3) is 0.529. The van der Waals surface area contributed by atoms with Gasteiger partial charge in [-0.3, -0.25) is 9.69 Å². The third kappa shape index (κ3) is 3.17. The molecule has 1 aliphatic heterocycles. The lowest BCUT2D eigenvalue weighted by molar-refractivity contribution is 0.0762. The molecule has 2 aromatic heterocycles. The summed E-state index contributed by atoms with van der Waals surface area (Å²) in [4.78, 5) is 22.6. The molecule has 1 fully saturated rings. The molecule has 2 aliphatic rings. The maximum absolute atomic E-state index is 12.2. The average molecular weight is 311 g/mol. The monoisotopic (exact) mass is 311 g/mol. The van der Waals surface area contributed by atoms with Crippen LogP contribution in [0.3, 0.4) is 0 Å². The minimum atomic E-state index is 0.0561. The van der Waals surface area contributed by atoms with Gasteiger partial charge in [0.15, 0.2) is 0 Å². The zero-order chi connectivity index (χ0) is 15.6. The van der Waals surface area contributed by atoms with Crippen LogP contribution in [-0.2, 0) is 25.9 Å². The minimum absolute atomic E-state index is 0.0561. The van der Waals surface area contributed by atoms with Gasteiger partial charge in [0.2, 0.25) is 0 Å². The third-order valence-corrected chi connectivity index (χ3v) is 4.76. The lowest BCUT2D eigenvalue weighted by Crippen LogP contribution is -2.49. The largest absolute Gasteiger partial charge is 0.298 e. The number of aromatic nitrogens is 4. The Morgan fingerprint density at radius 1 is 1.13 bits per heavy atom. The van der Waals surface area contributed by atoms with E-state index in [9.17, 15) is 4.79 Å². The van der Waals surface area contributed by atoms with Gasteiger partial charge in [-0.05, 0) is 31.2 Å². The molecule has 2 aromatic rings. The van der Waals surface area contributed by atoms with E-state index < -0.39 is 0 Å². The zero-order valence-corrected chi connectivity index (χ0v) is 13.2. The Balaban J connectivity index is 1.36. The Kier molecular flexibility index (Phi) is 3.91. The molecule has 1 saturated heterocycles. The van der Waals surface area contributed by atoms with Crippen LogP contribution < -0.4 is 5.56 Å². The van der Waals surface area contributed by atoms with E-state index in [4.69, 9.17) is 0 Å². The Hall–Kier alpha value is -2.08. The minimum Gasteiger partial charge on any atom is -0.298 e. The Labute approximate surface area is 135 Å². The fourth-order valence-electron chi connectivity index (χ4n) is 3.57. The van der Waals surface area contributed by atoms with Gasteiger partial charge in [-0.25, -0.2) is 14.6 Å². The summed E-state index contributed by atoms with van der Waals surface area (Å²) in [6.07, 6.45) is 9.66. The van der Waals surface area contributed by atoms with Crippen LogP contribution in [0.1, 0.15) is 29.7 Å². The second-order valence-corrected chi connectivity index (χ2v) is 6.65. The summed E-state index contributed by atoms with van der Waals surface area (Å²) >= 11 is 0. The van der Waals surface area contributed by atoms with E-state index in [1.54, 1.807) is 17.1 Å². The average Bonchev–Trinajstić information content (AvgIpc) is 2.54. The van der Waals surface area contributed by atoms with E-state index in [0.717, 1.165) is 55.8 Å². The van der Waals surface area contributed by atoms with Crippen LogP contribution in [0.2, 0.25) is 0 Å². The molecule has 0 aromatic carbocycles. The first-order valence-electron chi connectivity index (χ1n) is 8.34. The van der Waals surface area contributed by atoms with Crippen LogP contribution in [0.5, 0.6) is 0 Å². The Bertz CT molecular complexity index is 736. The van der Waals surface area contributed by atoms with Gasteiger partial charge in [-0.1, -0.05) is 0 Å². The summed E-state index contributed by atoms with van der Waals surface area (Å²) in [5.74, 6) is 0.506. The van der Waals surface area contributed by atoms with Crippen LogP contribution in [0.25, 0.3) is 0 Å². The first-order valence-corrected chi connectivity index (χ1v) is 8.34. The van der Waals surface area contributed by atoms with Crippen molar-refractivity contribution in [2.75, 3.05) is 13.1 Å². The molecule has 23 heavy (non-hydrogen) atoms. The van der Waals surface area contributed by atoms with Gasteiger partial charge in [0, 0.05) is 49.6 Å². The third-order valence-electron chi connectivity index (χ3n) is 4.76. The van der Waals surface area contributed by atoms with Gasteiger partial charge >= 0.3 is 0 Å². The molecule has 0 spiro atoms. The predicted molar refractivity (Wildman–Crippen MR) is 85.9 cm³/mol. The van der Waals surface area contributed by atoms with E-state index in [0.29, 0.717) is 5.92 Å². The molecule has 1 aliphatic carbocycles. The van der Waals surface area contributed by atoms with Gasteiger partial charge in [0.05, 0.1) is 12.2 Å². The number of hydrogen-bond acceptors (Lipinski definition) is 5. The predicted octanol–water partition coefficient (Wildman–Crippen LogP) is 1.04. The van der Waals surface area contributed by atoms with Crippen molar-refractivity contribution < 1.29 is 0 Å². The smallest absolute Gasteiger partial charge is 0.267 e. The highest BCUT2D eigenvalue weighted by Crippen LogP contribution is 2.20. The first kappa shape index (κ1) is 14.5. The topological polar surface area (TPSA) is 63.9 Å². The number of hydrogen-bond donors (Lipinski definition) is 0. The summed E-state index contributed by atoms with van der Waals surface area (Å²) in [6, 6.07) is 1.80. The van der Waals surface area contributed by atoms with Gasteiger partial charge in [-0.15, -0.1) is 0 Å². The molecule has 0 N–H and O–H groups in total. The quantitative estimate of drug-likeness (QED) is 0.844. The van der Waals surface area contributed by atoms with Crippen molar-refractivity contribution in [2.24, 2.45) is 5.92 Å². The molecule has 3 heterocycles. The number of fused-ring (bicyclic) bond motifs is 1. The van der Waals surface area contributed by atoms with Crippen LogP contribution in [0.4, 0.5) is 0 Å². The molecule has 0 unspecified atom stereocenters. The maximum Gasteiger partial charge on any atom is 0.267 e. The highest BCUT2D eigenvalue weighted by molar-refractivity contribution is 5.20. The summed E-state index contributed by atoms with van der Waals surface area (Å²) in [5, 5.41) is 4.61. The fourth-order valence-corrected chi connectivity index (χ4v) is 3.57. The molecule has 4 rings (SSSR count). The van der Waals surface area contributed by atoms with E-state index in [1.165, 1.54) is 12.8 Å². The van der Waals surface area contributed by atoms with E-state index in [-0.39, 0.29) is 5.56 Å². The number of rotatable bonds is 4. The van der Waals surface area contributed by atoms with Gasteiger partial charge in [0.1, 0.15) is 6.33 Å². The van der Waals surface area contributed by atoms with Gasteiger partial charge in [-0.2, -0.15) is 5.10 Å². The standard InChI is InChI=1S/C17H21N5O/c23-17-5-15-3-1-2-4-16(15)20-22(17)11-14-9-21(10-14)8-13-6-18-12-19-7-13/h5-7,12,14H,1-4,8-11H2. The summed E-state index contributed by atoms with van der Waals surface area (Å²) in [6.45, 7) is 3.61. The highest BCUT2D eigenvalue weighted by atomic mass is 16.1. The normalized spacial score (nSPS) is 18.4. The molecule has 120 valence electrons. The lowest BCUT2D eigenvalue weighted by atomic mass is 9.96. The SMILES string of the molecule is O=c1cc2c(nn1CC1CN(Cc3cncnc3)C1)CCCC2.